The number of nitrogens with one attached hydrogen (secondary N) is 2. The van der Waals surface area contributed by atoms with Gasteiger partial charge in [-0.05, 0) is 26.3 Å². The van der Waals surface area contributed by atoms with E-state index in [0.717, 1.165) is 78.0 Å². The van der Waals surface area contributed by atoms with Gasteiger partial charge in [-0.3, -0.25) is 9.89 Å². The first-order valence-corrected chi connectivity index (χ1v) is 11.2. The number of guanidine groups is 1. The van der Waals surface area contributed by atoms with Crippen molar-refractivity contribution in [3.8, 4) is 0 Å². The molecule has 0 amide bonds. The second-order valence-corrected chi connectivity index (χ2v) is 7.59. The van der Waals surface area contributed by atoms with Gasteiger partial charge in [-0.1, -0.05) is 26.7 Å². The minimum absolute atomic E-state index is 0.492. The van der Waals surface area contributed by atoms with E-state index in [-0.39, 0.29) is 0 Å². The van der Waals surface area contributed by atoms with Crippen LogP contribution in [0.5, 0.6) is 0 Å². The van der Waals surface area contributed by atoms with Crippen LogP contribution in [0.3, 0.4) is 0 Å². The predicted octanol–water partition coefficient (Wildman–Crippen LogP) is 1.65. The smallest absolute Gasteiger partial charge is 0.191 e. The summed E-state index contributed by atoms with van der Waals surface area (Å²) in [6, 6.07) is 0.492. The Balaban J connectivity index is 2.57. The van der Waals surface area contributed by atoms with Crippen molar-refractivity contribution in [1.29, 1.82) is 0 Å². The van der Waals surface area contributed by atoms with E-state index in [1.54, 1.807) is 7.11 Å². The fraction of sp³-hybridized carbons (Fsp3) is 0.952. The maximum absolute atomic E-state index is 5.56. The van der Waals surface area contributed by atoms with Gasteiger partial charge in [0.05, 0.1) is 19.8 Å². The monoisotopic (exact) mass is 399 g/mol. The van der Waals surface area contributed by atoms with E-state index >= 15 is 0 Å². The van der Waals surface area contributed by atoms with Gasteiger partial charge >= 0.3 is 0 Å². The summed E-state index contributed by atoms with van der Waals surface area (Å²) in [4.78, 5) is 9.86. The summed E-state index contributed by atoms with van der Waals surface area (Å²) in [6.07, 6.45) is 3.46. The zero-order valence-electron chi connectivity index (χ0n) is 19.0. The maximum Gasteiger partial charge on any atom is 0.191 e. The van der Waals surface area contributed by atoms with Crippen molar-refractivity contribution in [2.75, 3.05) is 79.8 Å². The SMILES string of the molecule is CCNC(=NCC(C(CC)CC)N1CCOCC1)NCCN(C)CCCOC. The number of hydrogen-bond acceptors (Lipinski definition) is 5. The zero-order chi connectivity index (χ0) is 20.6. The number of nitrogens with zero attached hydrogens (tertiary/aromatic N) is 3. The van der Waals surface area contributed by atoms with E-state index in [2.05, 4.69) is 48.3 Å². The highest BCUT2D eigenvalue weighted by Crippen LogP contribution is 2.20. The van der Waals surface area contributed by atoms with Gasteiger partial charge in [-0.2, -0.15) is 0 Å². The number of hydrogen-bond donors (Lipinski definition) is 2. The molecule has 1 rings (SSSR count). The van der Waals surface area contributed by atoms with Gasteiger partial charge in [-0.25, -0.2) is 0 Å². The van der Waals surface area contributed by atoms with Crippen molar-refractivity contribution in [3.63, 3.8) is 0 Å². The maximum atomic E-state index is 5.56. The van der Waals surface area contributed by atoms with Crippen LogP contribution in [0.25, 0.3) is 0 Å². The number of likely N-dealkylation sites (N-methyl/N-ethyl adjacent to an activating group) is 1. The molecule has 0 aromatic rings. The first-order chi connectivity index (χ1) is 13.7. The fourth-order valence-electron chi connectivity index (χ4n) is 3.79. The van der Waals surface area contributed by atoms with Crippen LogP contribution < -0.4 is 10.6 Å². The van der Waals surface area contributed by atoms with Gasteiger partial charge in [0.15, 0.2) is 5.96 Å². The highest BCUT2D eigenvalue weighted by atomic mass is 16.5. The standard InChI is InChI=1S/C21H45N5O2/c1-6-19(7-2)20(26-13-16-28-17-14-26)18-24-21(22-8-3)23-10-12-25(4)11-9-15-27-5/h19-20H,6-18H2,1-5H3,(H2,22,23,24). The Kier molecular flexibility index (Phi) is 14.3. The lowest BCUT2D eigenvalue weighted by atomic mass is 9.92. The second kappa shape index (κ2) is 16.0. The molecule has 0 aromatic carbocycles. The van der Waals surface area contributed by atoms with Crippen molar-refractivity contribution in [2.24, 2.45) is 10.9 Å². The van der Waals surface area contributed by atoms with Gasteiger partial charge in [0.25, 0.3) is 0 Å². The lowest BCUT2D eigenvalue weighted by molar-refractivity contribution is 0.00395. The molecule has 0 saturated carbocycles. The van der Waals surface area contributed by atoms with Crippen molar-refractivity contribution in [1.82, 2.24) is 20.4 Å². The van der Waals surface area contributed by atoms with Crippen LogP contribution >= 0.6 is 0 Å². The summed E-state index contributed by atoms with van der Waals surface area (Å²) in [7, 11) is 3.91. The fourth-order valence-corrected chi connectivity index (χ4v) is 3.79. The van der Waals surface area contributed by atoms with Crippen LogP contribution in [0.2, 0.25) is 0 Å². The predicted molar refractivity (Wildman–Crippen MR) is 118 cm³/mol. The van der Waals surface area contributed by atoms with Gasteiger partial charge < -0.3 is 25.0 Å². The lowest BCUT2D eigenvalue weighted by Gasteiger charge is -2.38. The van der Waals surface area contributed by atoms with E-state index in [1.165, 1.54) is 12.8 Å². The highest BCUT2D eigenvalue weighted by molar-refractivity contribution is 5.79. The molecule has 1 atom stereocenters. The van der Waals surface area contributed by atoms with Crippen LogP contribution in [-0.4, -0.2) is 102 Å². The molecule has 1 heterocycles. The first kappa shape index (κ1) is 25.1. The Morgan fingerprint density at radius 3 is 2.46 bits per heavy atom. The molecule has 1 unspecified atom stereocenters. The van der Waals surface area contributed by atoms with Crippen molar-refractivity contribution >= 4 is 5.96 Å². The third kappa shape index (κ3) is 10.0. The number of ether oxygens (including phenoxy) is 2. The van der Waals surface area contributed by atoms with Gasteiger partial charge in [0.2, 0.25) is 0 Å². The number of rotatable bonds is 14. The molecule has 2 N–H and O–H groups in total. The van der Waals surface area contributed by atoms with E-state index in [1.807, 2.05) is 0 Å². The molecular formula is C21H45N5O2. The minimum Gasteiger partial charge on any atom is -0.385 e. The lowest BCUT2D eigenvalue weighted by Crippen LogP contribution is -2.49. The van der Waals surface area contributed by atoms with Crippen LogP contribution in [0.4, 0.5) is 0 Å². The Hall–Kier alpha value is -0.890. The molecule has 0 radical (unpaired) electrons. The average molecular weight is 400 g/mol. The summed E-state index contributed by atoms with van der Waals surface area (Å²) in [5.41, 5.74) is 0. The molecule has 0 bridgehead atoms. The molecule has 0 aliphatic carbocycles. The van der Waals surface area contributed by atoms with E-state index in [4.69, 9.17) is 14.5 Å². The van der Waals surface area contributed by atoms with Gasteiger partial charge in [0.1, 0.15) is 0 Å². The Bertz CT molecular complexity index is 398. The number of morpholine rings is 1. The Morgan fingerprint density at radius 1 is 1.14 bits per heavy atom. The largest absolute Gasteiger partial charge is 0.385 e. The molecule has 1 aliphatic heterocycles. The van der Waals surface area contributed by atoms with Crippen molar-refractivity contribution < 1.29 is 9.47 Å². The molecule has 166 valence electrons. The molecule has 7 heteroatoms. The Morgan fingerprint density at radius 2 is 1.86 bits per heavy atom. The molecule has 1 saturated heterocycles. The summed E-state index contributed by atoms with van der Waals surface area (Å²) in [5, 5.41) is 6.90. The summed E-state index contributed by atoms with van der Waals surface area (Å²) < 4.78 is 10.7. The summed E-state index contributed by atoms with van der Waals surface area (Å²) in [5.74, 6) is 1.61. The first-order valence-electron chi connectivity index (χ1n) is 11.2. The third-order valence-electron chi connectivity index (χ3n) is 5.56. The van der Waals surface area contributed by atoms with E-state index < -0.39 is 0 Å². The molecule has 7 nitrogen and oxygen atoms in total. The third-order valence-corrected chi connectivity index (χ3v) is 5.56. The second-order valence-electron chi connectivity index (χ2n) is 7.59. The normalized spacial score (nSPS) is 17.3. The zero-order valence-corrected chi connectivity index (χ0v) is 19.0. The van der Waals surface area contributed by atoms with E-state index in [9.17, 15) is 0 Å². The molecule has 0 aromatic heterocycles. The van der Waals surface area contributed by atoms with Crippen LogP contribution in [0.15, 0.2) is 4.99 Å². The highest BCUT2D eigenvalue weighted by Gasteiger charge is 2.26. The average Bonchev–Trinajstić information content (AvgIpc) is 2.71. The van der Waals surface area contributed by atoms with Crippen LogP contribution in [-0.2, 0) is 9.47 Å². The summed E-state index contributed by atoms with van der Waals surface area (Å²) >= 11 is 0. The topological polar surface area (TPSA) is 61.4 Å². The minimum atomic E-state index is 0.492. The van der Waals surface area contributed by atoms with Crippen molar-refractivity contribution in [3.05, 3.63) is 0 Å². The van der Waals surface area contributed by atoms with E-state index in [0.29, 0.717) is 12.0 Å². The quantitative estimate of drug-likeness (QED) is 0.263. The van der Waals surface area contributed by atoms with Gasteiger partial charge in [-0.15, -0.1) is 0 Å². The van der Waals surface area contributed by atoms with Crippen LogP contribution in [0.1, 0.15) is 40.0 Å². The molecule has 1 fully saturated rings. The van der Waals surface area contributed by atoms with Gasteiger partial charge in [0, 0.05) is 59.0 Å². The molecule has 28 heavy (non-hydrogen) atoms. The molecular weight excluding hydrogens is 354 g/mol. The molecule has 1 aliphatic rings. The van der Waals surface area contributed by atoms with Crippen molar-refractivity contribution in [2.45, 2.75) is 46.1 Å². The summed E-state index contributed by atoms with van der Waals surface area (Å²) in [6.45, 7) is 15.9. The van der Waals surface area contributed by atoms with Crippen LogP contribution in [0, 0.1) is 5.92 Å². The Labute approximate surface area is 173 Å². The molecule has 0 spiro atoms. The number of methoxy groups -OCH3 is 1. The number of aliphatic imine (C=N–C) groups is 1.